The van der Waals surface area contributed by atoms with E-state index in [1.165, 1.54) is 4.90 Å². The van der Waals surface area contributed by atoms with Crippen molar-refractivity contribution >= 4 is 34.4 Å². The number of aromatic amines is 1. The molecular formula is C26H22N4O4. The molecular weight excluding hydrogens is 432 g/mol. The monoisotopic (exact) mass is 454 g/mol. The highest BCUT2D eigenvalue weighted by Gasteiger charge is 2.48. The lowest BCUT2D eigenvalue weighted by Gasteiger charge is -2.22. The molecule has 2 aromatic heterocycles. The Morgan fingerprint density at radius 1 is 1.15 bits per heavy atom. The van der Waals surface area contributed by atoms with E-state index in [1.54, 1.807) is 48.8 Å². The zero-order chi connectivity index (χ0) is 23.8. The van der Waals surface area contributed by atoms with Gasteiger partial charge in [0.25, 0.3) is 5.78 Å². The highest BCUT2D eigenvalue weighted by molar-refractivity contribution is 6.51. The van der Waals surface area contributed by atoms with Crippen LogP contribution in [0.5, 0.6) is 5.75 Å². The minimum atomic E-state index is -0.911. The Labute approximate surface area is 195 Å². The van der Waals surface area contributed by atoms with E-state index in [4.69, 9.17) is 4.74 Å². The zero-order valence-corrected chi connectivity index (χ0v) is 18.6. The first kappa shape index (κ1) is 21.4. The summed E-state index contributed by atoms with van der Waals surface area (Å²) < 4.78 is 5.53. The number of rotatable bonds is 5. The van der Waals surface area contributed by atoms with Crippen molar-refractivity contribution in [3.63, 3.8) is 0 Å². The summed E-state index contributed by atoms with van der Waals surface area (Å²) in [6, 6.07) is 15.0. The van der Waals surface area contributed by atoms with Crippen LogP contribution in [-0.2, 0) is 9.59 Å². The molecule has 8 heteroatoms. The molecule has 8 nitrogen and oxygen atoms in total. The number of pyridine rings is 1. The van der Waals surface area contributed by atoms with Crippen LogP contribution in [0, 0.1) is 6.92 Å². The lowest BCUT2D eigenvalue weighted by molar-refractivity contribution is -0.132. The summed E-state index contributed by atoms with van der Waals surface area (Å²) in [6.07, 6.45) is 3.17. The van der Waals surface area contributed by atoms with E-state index in [0.717, 1.165) is 11.1 Å². The maximum atomic E-state index is 13.3. The Morgan fingerprint density at radius 2 is 2.00 bits per heavy atom. The molecule has 1 aliphatic heterocycles. The largest absolute Gasteiger partial charge is 0.507 e. The highest BCUT2D eigenvalue weighted by Crippen LogP contribution is 2.41. The predicted molar refractivity (Wildman–Crippen MR) is 127 cm³/mol. The maximum absolute atomic E-state index is 13.3. The Balaban J connectivity index is 1.70. The quantitative estimate of drug-likeness (QED) is 0.265. The number of aryl methyl sites for hydroxylation is 1. The first-order chi connectivity index (χ1) is 16.5. The average molecular weight is 454 g/mol. The van der Waals surface area contributed by atoms with Crippen LogP contribution in [0.25, 0.3) is 16.8 Å². The number of carbonyl (C=O) groups is 2. The van der Waals surface area contributed by atoms with Crippen LogP contribution in [-0.4, -0.2) is 38.4 Å². The number of hydrogen-bond donors (Lipinski definition) is 2. The van der Waals surface area contributed by atoms with Gasteiger partial charge in [-0.2, -0.15) is 0 Å². The van der Waals surface area contributed by atoms with Gasteiger partial charge in [-0.1, -0.05) is 24.3 Å². The molecule has 3 heterocycles. The molecule has 0 bridgehead atoms. The molecule has 34 heavy (non-hydrogen) atoms. The van der Waals surface area contributed by atoms with Crippen LogP contribution < -0.4 is 9.64 Å². The number of aliphatic hydroxyl groups excluding tert-OH is 1. The number of nitrogens with zero attached hydrogens (tertiary/aromatic N) is 3. The van der Waals surface area contributed by atoms with Crippen LogP contribution in [0.1, 0.15) is 29.7 Å². The summed E-state index contributed by atoms with van der Waals surface area (Å²) in [5.74, 6) is -1.11. The summed E-state index contributed by atoms with van der Waals surface area (Å²) in [7, 11) is 0. The first-order valence-electron chi connectivity index (χ1n) is 10.9. The van der Waals surface area contributed by atoms with Gasteiger partial charge in [-0.25, -0.2) is 4.98 Å². The number of anilines is 1. The van der Waals surface area contributed by atoms with E-state index < -0.39 is 17.7 Å². The smallest absolute Gasteiger partial charge is 0.302 e. The van der Waals surface area contributed by atoms with E-state index in [0.29, 0.717) is 29.0 Å². The number of aliphatic hydroxyl groups is 1. The number of fused-ring (bicyclic) bond motifs is 1. The minimum Gasteiger partial charge on any atom is -0.507 e. The number of aromatic nitrogens is 3. The van der Waals surface area contributed by atoms with Crippen molar-refractivity contribution < 1.29 is 19.4 Å². The van der Waals surface area contributed by atoms with E-state index in [9.17, 15) is 14.7 Å². The van der Waals surface area contributed by atoms with Gasteiger partial charge in [0, 0.05) is 18.0 Å². The van der Waals surface area contributed by atoms with E-state index in [-0.39, 0.29) is 17.3 Å². The number of imidazole rings is 1. The molecule has 5 rings (SSSR count). The lowest BCUT2D eigenvalue weighted by Crippen LogP contribution is -2.30. The van der Waals surface area contributed by atoms with Crippen LogP contribution in [0.15, 0.2) is 72.6 Å². The molecule has 1 saturated heterocycles. The summed E-state index contributed by atoms with van der Waals surface area (Å²) in [4.78, 5) is 39.7. The highest BCUT2D eigenvalue weighted by atomic mass is 16.5. The standard InChI is InChI=1S/C26H22N4O4/c1-3-34-18-8-4-6-16(13-18)23(31)21-22(17-7-5-11-27-14-17)30(25(33)24(21)32)26-28-19-10-9-15(2)12-20(19)29-26/h4-14,22,31H,3H2,1-2H3,(H,28,29)/b23-21+. The summed E-state index contributed by atoms with van der Waals surface area (Å²) in [5, 5.41) is 11.2. The van der Waals surface area contributed by atoms with Gasteiger partial charge in [0.05, 0.1) is 29.3 Å². The lowest BCUT2D eigenvalue weighted by atomic mass is 9.96. The molecule has 170 valence electrons. The molecule has 0 aliphatic carbocycles. The Morgan fingerprint density at radius 3 is 2.76 bits per heavy atom. The average Bonchev–Trinajstić information content (AvgIpc) is 3.37. The Bertz CT molecular complexity index is 1440. The zero-order valence-electron chi connectivity index (χ0n) is 18.6. The molecule has 1 amide bonds. The van der Waals surface area contributed by atoms with Gasteiger partial charge in [-0.3, -0.25) is 19.5 Å². The van der Waals surface area contributed by atoms with Gasteiger partial charge >= 0.3 is 5.91 Å². The van der Waals surface area contributed by atoms with Gasteiger partial charge in [-0.05, 0) is 55.3 Å². The molecule has 0 radical (unpaired) electrons. The molecule has 1 aliphatic rings. The van der Waals surface area contributed by atoms with Crippen LogP contribution in [0.3, 0.4) is 0 Å². The van der Waals surface area contributed by atoms with Crippen molar-refractivity contribution in [3.8, 4) is 5.75 Å². The number of nitrogens with one attached hydrogen (secondary N) is 1. The minimum absolute atomic E-state index is 0.0386. The molecule has 1 unspecified atom stereocenters. The second kappa shape index (κ2) is 8.47. The Kier molecular flexibility index (Phi) is 5.33. The van der Waals surface area contributed by atoms with Crippen molar-refractivity contribution in [1.29, 1.82) is 0 Å². The van der Waals surface area contributed by atoms with E-state index in [2.05, 4.69) is 15.0 Å². The second-order valence-electron chi connectivity index (χ2n) is 8.00. The van der Waals surface area contributed by atoms with Crippen LogP contribution in [0.4, 0.5) is 5.95 Å². The van der Waals surface area contributed by atoms with Crippen molar-refractivity contribution in [1.82, 2.24) is 15.0 Å². The number of benzene rings is 2. The Hall–Kier alpha value is -4.46. The molecule has 1 atom stereocenters. The maximum Gasteiger partial charge on any atom is 0.302 e. The van der Waals surface area contributed by atoms with Crippen molar-refractivity contribution in [2.45, 2.75) is 19.9 Å². The molecule has 1 fully saturated rings. The second-order valence-corrected chi connectivity index (χ2v) is 8.00. The first-order valence-corrected chi connectivity index (χ1v) is 10.9. The number of carbonyl (C=O) groups excluding carboxylic acids is 2. The topological polar surface area (TPSA) is 108 Å². The molecule has 0 spiro atoms. The van der Waals surface area contributed by atoms with Gasteiger partial charge in [0.1, 0.15) is 11.5 Å². The van der Waals surface area contributed by atoms with Crippen LogP contribution >= 0.6 is 0 Å². The summed E-state index contributed by atoms with van der Waals surface area (Å²) in [5.41, 5.74) is 3.34. The third-order valence-electron chi connectivity index (χ3n) is 5.72. The van der Waals surface area contributed by atoms with Crippen molar-refractivity contribution in [2.75, 3.05) is 11.5 Å². The SMILES string of the molecule is CCOc1cccc(/C(O)=C2\C(=O)C(=O)N(c3nc4ccc(C)cc4[nH]3)C2c2cccnc2)c1. The fourth-order valence-electron chi connectivity index (χ4n) is 4.18. The number of H-pyrrole nitrogens is 1. The third kappa shape index (κ3) is 3.59. The summed E-state index contributed by atoms with van der Waals surface area (Å²) >= 11 is 0. The number of ketones is 1. The fraction of sp³-hybridized carbons (Fsp3) is 0.154. The molecule has 4 aromatic rings. The normalized spacial score (nSPS) is 17.5. The summed E-state index contributed by atoms with van der Waals surface area (Å²) in [6.45, 7) is 4.27. The third-order valence-corrected chi connectivity index (χ3v) is 5.72. The fourth-order valence-corrected chi connectivity index (χ4v) is 4.18. The molecule has 2 aromatic carbocycles. The van der Waals surface area contributed by atoms with Gasteiger partial charge in [0.2, 0.25) is 5.95 Å². The number of ether oxygens (including phenoxy) is 1. The van der Waals surface area contributed by atoms with Gasteiger partial charge in [0.15, 0.2) is 0 Å². The van der Waals surface area contributed by atoms with Gasteiger partial charge < -0.3 is 14.8 Å². The molecule has 2 N–H and O–H groups in total. The number of amides is 1. The number of Topliss-reactive ketones (excluding diaryl/α,β-unsaturated/α-hetero) is 1. The molecule has 0 saturated carbocycles. The van der Waals surface area contributed by atoms with Crippen molar-refractivity contribution in [3.05, 3.63) is 89.3 Å². The predicted octanol–water partition coefficient (Wildman–Crippen LogP) is 4.29. The van der Waals surface area contributed by atoms with Crippen LogP contribution in [0.2, 0.25) is 0 Å². The van der Waals surface area contributed by atoms with Crippen molar-refractivity contribution in [2.24, 2.45) is 0 Å². The number of hydrogen-bond acceptors (Lipinski definition) is 6. The van der Waals surface area contributed by atoms with E-state index >= 15 is 0 Å². The van der Waals surface area contributed by atoms with E-state index in [1.807, 2.05) is 32.0 Å². The van der Waals surface area contributed by atoms with Gasteiger partial charge in [-0.15, -0.1) is 0 Å².